The van der Waals surface area contributed by atoms with Crippen LogP contribution in [0.15, 0.2) is 194 Å². The van der Waals surface area contributed by atoms with Crippen molar-refractivity contribution >= 4 is 32.3 Å². The van der Waals surface area contributed by atoms with Crippen LogP contribution in [0.1, 0.15) is 0 Å². The van der Waals surface area contributed by atoms with E-state index in [-0.39, 0.29) is 0 Å². The van der Waals surface area contributed by atoms with Gasteiger partial charge in [-0.3, -0.25) is 0 Å². The van der Waals surface area contributed by atoms with Gasteiger partial charge in [0.2, 0.25) is 0 Å². The Hall–Kier alpha value is -6.24. The summed E-state index contributed by atoms with van der Waals surface area (Å²) in [6, 6.07) is 70.6. The second-order valence-electron chi connectivity index (χ2n) is 12.5. The lowest BCUT2D eigenvalue weighted by Gasteiger charge is -2.18. The maximum absolute atomic E-state index is 2.36. The van der Waals surface area contributed by atoms with Gasteiger partial charge in [0.1, 0.15) is 0 Å². The van der Waals surface area contributed by atoms with Gasteiger partial charge in [-0.2, -0.15) is 0 Å². The van der Waals surface area contributed by atoms with Crippen molar-refractivity contribution in [2.45, 2.75) is 0 Å². The fourth-order valence-electron chi connectivity index (χ4n) is 7.38. The van der Waals surface area contributed by atoms with E-state index in [2.05, 4.69) is 194 Å². The molecule has 224 valence electrons. The predicted molar refractivity (Wildman–Crippen MR) is 206 cm³/mol. The molecule has 0 N–H and O–H groups in total. The van der Waals surface area contributed by atoms with E-state index in [9.17, 15) is 0 Å². The van der Waals surface area contributed by atoms with Crippen molar-refractivity contribution in [2.75, 3.05) is 0 Å². The van der Waals surface area contributed by atoms with Gasteiger partial charge < -0.3 is 0 Å². The van der Waals surface area contributed by atoms with Crippen LogP contribution in [0.5, 0.6) is 0 Å². The largest absolute Gasteiger partial charge is 0.0622 e. The minimum atomic E-state index is 1.22. The molecular formula is C48H32. The molecule has 0 saturated carbocycles. The molecule has 0 saturated heterocycles. The summed E-state index contributed by atoms with van der Waals surface area (Å²) in [6.07, 6.45) is 0. The summed E-state index contributed by atoms with van der Waals surface area (Å²) in [6.45, 7) is 0. The maximum Gasteiger partial charge on any atom is -0.00262 e. The van der Waals surface area contributed by atoms with E-state index in [1.807, 2.05) is 0 Å². The molecule has 0 fully saturated rings. The molecule has 0 spiro atoms. The SMILES string of the molecule is c1ccc(-c2ccc(-c3ccccc3-c3ccc4cc(-c5c6ccccc6c(-c6ccccc6)c6ccccc56)ccc4c3)cc2)cc1. The normalized spacial score (nSPS) is 11.3. The molecule has 0 nitrogen and oxygen atoms in total. The molecule has 0 aliphatic rings. The van der Waals surface area contributed by atoms with Crippen molar-refractivity contribution < 1.29 is 0 Å². The smallest absolute Gasteiger partial charge is 0.00262 e. The van der Waals surface area contributed by atoms with Crippen LogP contribution in [0.25, 0.3) is 88.0 Å². The average molecular weight is 609 g/mol. The van der Waals surface area contributed by atoms with Crippen LogP contribution < -0.4 is 0 Å². The molecule has 48 heavy (non-hydrogen) atoms. The van der Waals surface area contributed by atoms with Crippen molar-refractivity contribution in [2.24, 2.45) is 0 Å². The summed E-state index contributed by atoms with van der Waals surface area (Å²) >= 11 is 0. The summed E-state index contributed by atoms with van der Waals surface area (Å²) in [5.74, 6) is 0. The van der Waals surface area contributed by atoms with Crippen molar-refractivity contribution in [1.29, 1.82) is 0 Å². The standard InChI is InChI=1S/C48H32/c1-3-13-33(14-4-1)34-23-25-35(26-24-34)41-17-7-8-18-42(41)39-29-27-38-32-40(30-28-37(38)31-39)48-45-21-11-9-19-43(45)47(36-15-5-2-6-16-36)44-20-10-12-22-46(44)48/h1-32H. The lowest BCUT2D eigenvalue weighted by atomic mass is 9.85. The molecular weight excluding hydrogens is 577 g/mol. The molecule has 0 aliphatic heterocycles. The van der Waals surface area contributed by atoms with Gasteiger partial charge in [0.15, 0.2) is 0 Å². The van der Waals surface area contributed by atoms with Gasteiger partial charge in [-0.05, 0) is 100 Å². The lowest BCUT2D eigenvalue weighted by Crippen LogP contribution is -1.91. The molecule has 9 aromatic carbocycles. The second kappa shape index (κ2) is 11.8. The number of hydrogen-bond donors (Lipinski definition) is 0. The van der Waals surface area contributed by atoms with Crippen molar-refractivity contribution in [1.82, 2.24) is 0 Å². The molecule has 0 heterocycles. The molecule has 0 heteroatoms. The Morgan fingerprint density at radius 1 is 0.208 bits per heavy atom. The molecule has 0 amide bonds. The first-order chi connectivity index (χ1) is 23.8. The Morgan fingerprint density at radius 3 is 1.12 bits per heavy atom. The van der Waals surface area contributed by atoms with Gasteiger partial charge in [0, 0.05) is 0 Å². The minimum absolute atomic E-state index is 1.22. The van der Waals surface area contributed by atoms with E-state index in [0.29, 0.717) is 0 Å². The zero-order chi connectivity index (χ0) is 31.9. The van der Waals surface area contributed by atoms with E-state index in [1.165, 1.54) is 88.0 Å². The Bertz CT molecular complexity index is 2520. The van der Waals surface area contributed by atoms with Crippen LogP contribution in [-0.4, -0.2) is 0 Å². The van der Waals surface area contributed by atoms with Crippen molar-refractivity contribution in [3.63, 3.8) is 0 Å². The van der Waals surface area contributed by atoms with Gasteiger partial charge in [-0.1, -0.05) is 182 Å². The predicted octanol–water partition coefficient (Wildman–Crippen LogP) is 13.5. The Morgan fingerprint density at radius 2 is 0.562 bits per heavy atom. The zero-order valence-corrected chi connectivity index (χ0v) is 26.5. The van der Waals surface area contributed by atoms with Gasteiger partial charge in [0.25, 0.3) is 0 Å². The highest BCUT2D eigenvalue weighted by Crippen LogP contribution is 2.44. The van der Waals surface area contributed by atoms with Gasteiger partial charge in [0.05, 0.1) is 0 Å². The fourth-order valence-corrected chi connectivity index (χ4v) is 7.38. The van der Waals surface area contributed by atoms with E-state index in [0.717, 1.165) is 0 Å². The third kappa shape index (κ3) is 4.87. The van der Waals surface area contributed by atoms with E-state index in [1.54, 1.807) is 0 Å². The Balaban J connectivity index is 1.15. The number of fused-ring (bicyclic) bond motifs is 3. The van der Waals surface area contributed by atoms with Gasteiger partial charge in [-0.25, -0.2) is 0 Å². The molecule has 0 aliphatic carbocycles. The van der Waals surface area contributed by atoms with Crippen LogP contribution in [-0.2, 0) is 0 Å². The summed E-state index contributed by atoms with van der Waals surface area (Å²) in [5.41, 5.74) is 12.5. The van der Waals surface area contributed by atoms with Gasteiger partial charge in [-0.15, -0.1) is 0 Å². The molecule has 0 bridgehead atoms. The molecule has 9 rings (SSSR count). The average Bonchev–Trinajstić information content (AvgIpc) is 3.17. The van der Waals surface area contributed by atoms with E-state index in [4.69, 9.17) is 0 Å². The highest BCUT2D eigenvalue weighted by molar-refractivity contribution is 6.21. The Kier molecular flexibility index (Phi) is 6.91. The van der Waals surface area contributed by atoms with Crippen LogP contribution in [0.3, 0.4) is 0 Å². The first-order valence-corrected chi connectivity index (χ1v) is 16.6. The quantitative estimate of drug-likeness (QED) is 0.171. The van der Waals surface area contributed by atoms with Crippen LogP contribution in [0, 0.1) is 0 Å². The molecule has 0 atom stereocenters. The topological polar surface area (TPSA) is 0 Å². The van der Waals surface area contributed by atoms with E-state index < -0.39 is 0 Å². The third-order valence-electron chi connectivity index (χ3n) is 9.66. The first kappa shape index (κ1) is 28.0. The summed E-state index contributed by atoms with van der Waals surface area (Å²) in [5, 5.41) is 7.58. The van der Waals surface area contributed by atoms with Crippen molar-refractivity contribution in [3.8, 4) is 55.6 Å². The molecule has 0 radical (unpaired) electrons. The van der Waals surface area contributed by atoms with Crippen LogP contribution >= 0.6 is 0 Å². The zero-order valence-electron chi connectivity index (χ0n) is 26.5. The van der Waals surface area contributed by atoms with Crippen LogP contribution in [0.2, 0.25) is 0 Å². The Labute approximate surface area is 281 Å². The van der Waals surface area contributed by atoms with E-state index >= 15 is 0 Å². The van der Waals surface area contributed by atoms with Crippen LogP contribution in [0.4, 0.5) is 0 Å². The third-order valence-corrected chi connectivity index (χ3v) is 9.66. The highest BCUT2D eigenvalue weighted by atomic mass is 14.2. The summed E-state index contributed by atoms with van der Waals surface area (Å²) in [4.78, 5) is 0. The minimum Gasteiger partial charge on any atom is -0.0622 e. The lowest BCUT2D eigenvalue weighted by molar-refractivity contribution is 1.58. The summed E-state index contributed by atoms with van der Waals surface area (Å²) < 4.78 is 0. The first-order valence-electron chi connectivity index (χ1n) is 16.6. The molecule has 0 aromatic heterocycles. The number of rotatable bonds is 5. The van der Waals surface area contributed by atoms with Crippen molar-refractivity contribution in [3.05, 3.63) is 194 Å². The second-order valence-corrected chi connectivity index (χ2v) is 12.5. The number of benzene rings is 9. The molecule has 9 aromatic rings. The molecule has 0 unspecified atom stereocenters. The summed E-state index contributed by atoms with van der Waals surface area (Å²) in [7, 11) is 0. The fraction of sp³-hybridized carbons (Fsp3) is 0. The van der Waals surface area contributed by atoms with Gasteiger partial charge >= 0.3 is 0 Å². The monoisotopic (exact) mass is 608 g/mol. The maximum atomic E-state index is 2.36. The highest BCUT2D eigenvalue weighted by Gasteiger charge is 2.17. The number of hydrogen-bond acceptors (Lipinski definition) is 0.